The molecule has 4 nitrogen and oxygen atoms in total. The molecule has 1 aliphatic heterocycles. The minimum atomic E-state index is -0.280. The standard InChI is InChI=1S/C17H26N2O2/c1-2-3-11-19-15(13-9-10-13)16(20)18-14(17(19)21)12-7-5-4-6-8-12/h2-3,12-15H,4-11H2,1H3,(H,18,20)/b3-2+. The van der Waals surface area contributed by atoms with Crippen molar-refractivity contribution in [3.63, 3.8) is 0 Å². The topological polar surface area (TPSA) is 49.4 Å². The lowest BCUT2D eigenvalue weighted by Crippen LogP contribution is -2.65. The van der Waals surface area contributed by atoms with E-state index in [0.717, 1.165) is 25.7 Å². The molecule has 116 valence electrons. The summed E-state index contributed by atoms with van der Waals surface area (Å²) in [6.45, 7) is 2.53. The van der Waals surface area contributed by atoms with E-state index in [-0.39, 0.29) is 23.9 Å². The van der Waals surface area contributed by atoms with Crippen LogP contribution in [0.2, 0.25) is 0 Å². The summed E-state index contributed by atoms with van der Waals surface area (Å²) in [6, 6.07) is -0.508. The number of rotatable bonds is 4. The van der Waals surface area contributed by atoms with Gasteiger partial charge in [0, 0.05) is 6.54 Å². The van der Waals surface area contributed by atoms with Crippen LogP contribution < -0.4 is 5.32 Å². The predicted molar refractivity (Wildman–Crippen MR) is 81.5 cm³/mol. The van der Waals surface area contributed by atoms with Crippen molar-refractivity contribution in [2.75, 3.05) is 6.54 Å². The van der Waals surface area contributed by atoms with Gasteiger partial charge in [0.1, 0.15) is 12.1 Å². The minimum absolute atomic E-state index is 0.0807. The number of piperazine rings is 1. The Morgan fingerprint density at radius 2 is 1.81 bits per heavy atom. The molecule has 2 amide bonds. The van der Waals surface area contributed by atoms with Crippen LogP contribution in [0, 0.1) is 11.8 Å². The molecule has 4 heteroatoms. The first kappa shape index (κ1) is 14.6. The molecule has 3 rings (SSSR count). The van der Waals surface area contributed by atoms with E-state index in [9.17, 15) is 9.59 Å². The highest BCUT2D eigenvalue weighted by Crippen LogP contribution is 2.38. The van der Waals surface area contributed by atoms with Crippen LogP contribution in [0.3, 0.4) is 0 Å². The van der Waals surface area contributed by atoms with Crippen LogP contribution in [0.1, 0.15) is 51.9 Å². The highest BCUT2D eigenvalue weighted by molar-refractivity contribution is 5.97. The maximum atomic E-state index is 12.9. The molecule has 0 bridgehead atoms. The van der Waals surface area contributed by atoms with Crippen molar-refractivity contribution in [1.82, 2.24) is 10.2 Å². The summed E-state index contributed by atoms with van der Waals surface area (Å²) in [4.78, 5) is 27.3. The number of nitrogens with one attached hydrogen (secondary N) is 1. The van der Waals surface area contributed by atoms with Crippen molar-refractivity contribution >= 4 is 11.8 Å². The molecule has 2 unspecified atom stereocenters. The van der Waals surface area contributed by atoms with Crippen LogP contribution in [-0.2, 0) is 9.59 Å². The van der Waals surface area contributed by atoms with Gasteiger partial charge in [-0.15, -0.1) is 0 Å². The smallest absolute Gasteiger partial charge is 0.246 e. The number of amides is 2. The molecule has 0 aromatic carbocycles. The Kier molecular flexibility index (Phi) is 4.32. The summed E-state index contributed by atoms with van der Waals surface area (Å²) in [6.07, 6.45) is 11.9. The number of hydrogen-bond acceptors (Lipinski definition) is 2. The SMILES string of the molecule is C/C=C/CN1C(=O)C(C2CCCCC2)NC(=O)C1C1CC1. The average Bonchev–Trinajstić information content (AvgIpc) is 3.33. The molecule has 1 N–H and O–H groups in total. The summed E-state index contributed by atoms with van der Waals surface area (Å²) in [5, 5.41) is 3.06. The first-order valence-electron chi connectivity index (χ1n) is 8.44. The molecule has 0 aromatic heterocycles. The van der Waals surface area contributed by atoms with Gasteiger partial charge in [-0.3, -0.25) is 9.59 Å². The second kappa shape index (κ2) is 6.20. The van der Waals surface area contributed by atoms with Crippen LogP contribution in [0.25, 0.3) is 0 Å². The minimum Gasteiger partial charge on any atom is -0.342 e. The van der Waals surface area contributed by atoms with E-state index in [4.69, 9.17) is 0 Å². The van der Waals surface area contributed by atoms with Crippen LogP contribution in [-0.4, -0.2) is 35.3 Å². The third-order valence-corrected chi connectivity index (χ3v) is 5.18. The van der Waals surface area contributed by atoms with Gasteiger partial charge in [-0.25, -0.2) is 0 Å². The highest BCUT2D eigenvalue weighted by Gasteiger charge is 2.49. The molecule has 2 aliphatic carbocycles. The number of carbonyl (C=O) groups excluding carboxylic acids is 2. The van der Waals surface area contributed by atoms with Gasteiger partial charge < -0.3 is 10.2 Å². The monoisotopic (exact) mass is 290 g/mol. The molecule has 21 heavy (non-hydrogen) atoms. The second-order valence-corrected chi connectivity index (χ2v) is 6.73. The van der Waals surface area contributed by atoms with Gasteiger partial charge in [0.15, 0.2) is 0 Å². The number of allylic oxidation sites excluding steroid dienone is 1. The van der Waals surface area contributed by atoms with Crippen LogP contribution in [0.4, 0.5) is 0 Å². The van der Waals surface area contributed by atoms with Gasteiger partial charge in [0.2, 0.25) is 11.8 Å². The third kappa shape index (κ3) is 2.99. The van der Waals surface area contributed by atoms with E-state index in [0.29, 0.717) is 18.4 Å². The van der Waals surface area contributed by atoms with Gasteiger partial charge >= 0.3 is 0 Å². The van der Waals surface area contributed by atoms with E-state index >= 15 is 0 Å². The summed E-state index contributed by atoms with van der Waals surface area (Å²) in [7, 11) is 0. The van der Waals surface area contributed by atoms with Gasteiger partial charge in [0.25, 0.3) is 0 Å². The molecule has 0 aromatic rings. The van der Waals surface area contributed by atoms with Gasteiger partial charge in [0.05, 0.1) is 0 Å². The Balaban J connectivity index is 1.78. The van der Waals surface area contributed by atoms with Crippen LogP contribution in [0.15, 0.2) is 12.2 Å². The second-order valence-electron chi connectivity index (χ2n) is 6.73. The average molecular weight is 290 g/mol. The summed E-state index contributed by atoms with van der Waals surface area (Å²) < 4.78 is 0. The van der Waals surface area contributed by atoms with E-state index in [1.54, 1.807) is 0 Å². The zero-order valence-electron chi connectivity index (χ0n) is 12.9. The third-order valence-electron chi connectivity index (χ3n) is 5.18. The molecule has 3 fully saturated rings. The highest BCUT2D eigenvalue weighted by atomic mass is 16.2. The van der Waals surface area contributed by atoms with Gasteiger partial charge in [-0.2, -0.15) is 0 Å². The maximum absolute atomic E-state index is 12.9. The Morgan fingerprint density at radius 3 is 2.43 bits per heavy atom. The van der Waals surface area contributed by atoms with Crippen molar-refractivity contribution in [2.24, 2.45) is 11.8 Å². The number of nitrogens with zero attached hydrogens (tertiary/aromatic N) is 1. The molecule has 1 saturated heterocycles. The molecule has 2 atom stereocenters. The van der Waals surface area contributed by atoms with Gasteiger partial charge in [-0.1, -0.05) is 31.4 Å². The van der Waals surface area contributed by atoms with Crippen molar-refractivity contribution in [3.05, 3.63) is 12.2 Å². The first-order chi connectivity index (χ1) is 10.2. The largest absolute Gasteiger partial charge is 0.342 e. The Hall–Kier alpha value is -1.32. The fourth-order valence-electron chi connectivity index (χ4n) is 3.85. The molecular weight excluding hydrogens is 264 g/mol. The van der Waals surface area contributed by atoms with Crippen molar-refractivity contribution in [3.8, 4) is 0 Å². The zero-order valence-corrected chi connectivity index (χ0v) is 12.9. The first-order valence-corrected chi connectivity index (χ1v) is 8.44. The fourth-order valence-corrected chi connectivity index (χ4v) is 3.85. The molecule has 2 saturated carbocycles. The summed E-state index contributed by atoms with van der Waals surface area (Å²) >= 11 is 0. The number of carbonyl (C=O) groups is 2. The molecule has 3 aliphatic rings. The normalized spacial score (nSPS) is 31.8. The summed E-state index contributed by atoms with van der Waals surface area (Å²) in [5.41, 5.74) is 0. The van der Waals surface area contributed by atoms with Crippen LogP contribution >= 0.6 is 0 Å². The fraction of sp³-hybridized carbons (Fsp3) is 0.765. The lowest BCUT2D eigenvalue weighted by Gasteiger charge is -2.42. The van der Waals surface area contributed by atoms with E-state index < -0.39 is 0 Å². The van der Waals surface area contributed by atoms with Crippen LogP contribution in [0.5, 0.6) is 0 Å². The van der Waals surface area contributed by atoms with Crippen molar-refractivity contribution in [2.45, 2.75) is 64.0 Å². The Labute approximate surface area is 127 Å². The lowest BCUT2D eigenvalue weighted by molar-refractivity contribution is -0.151. The number of hydrogen-bond donors (Lipinski definition) is 1. The molecule has 0 spiro atoms. The summed E-state index contributed by atoms with van der Waals surface area (Å²) in [5.74, 6) is 0.948. The zero-order chi connectivity index (χ0) is 14.8. The Morgan fingerprint density at radius 1 is 1.10 bits per heavy atom. The molecule has 0 radical (unpaired) electrons. The lowest BCUT2D eigenvalue weighted by atomic mass is 9.82. The van der Waals surface area contributed by atoms with E-state index in [2.05, 4.69) is 5.32 Å². The maximum Gasteiger partial charge on any atom is 0.246 e. The predicted octanol–water partition coefficient (Wildman–Crippen LogP) is 2.25. The molecule has 1 heterocycles. The van der Waals surface area contributed by atoms with Crippen molar-refractivity contribution in [1.29, 1.82) is 0 Å². The Bertz CT molecular complexity index is 436. The van der Waals surface area contributed by atoms with Gasteiger partial charge in [-0.05, 0) is 44.4 Å². The van der Waals surface area contributed by atoms with Crippen molar-refractivity contribution < 1.29 is 9.59 Å². The molecular formula is C17H26N2O2. The van der Waals surface area contributed by atoms with E-state index in [1.165, 1.54) is 19.3 Å². The quantitative estimate of drug-likeness (QED) is 0.807. The van der Waals surface area contributed by atoms with E-state index in [1.807, 2.05) is 24.0 Å².